The minimum absolute atomic E-state index is 0. The van der Waals surface area contributed by atoms with Crippen LogP contribution in [0.4, 0.5) is 0 Å². The molecule has 0 amide bonds. The normalized spacial score (nSPS) is 9.56. The van der Waals surface area contributed by atoms with Crippen molar-refractivity contribution in [3.05, 3.63) is 119 Å². The van der Waals surface area contributed by atoms with Crippen molar-refractivity contribution >= 4 is 125 Å². The summed E-state index contributed by atoms with van der Waals surface area (Å²) in [6.45, 7) is 3.62. The van der Waals surface area contributed by atoms with Crippen molar-refractivity contribution in [2.45, 2.75) is 65.6 Å². The Morgan fingerprint density at radius 3 is 1.51 bits per heavy atom. The molecule has 0 spiro atoms. The number of aromatic nitrogens is 12. The number of hydrogen-bond donors (Lipinski definition) is 5. The monoisotopic (exact) mass is 1190 g/mol. The zero-order valence-corrected chi connectivity index (χ0v) is 41.7. The Kier molecular flexibility index (Phi) is 34.4. The molecule has 0 fully saturated rings. The molecule has 0 aliphatic carbocycles. The van der Waals surface area contributed by atoms with Gasteiger partial charge in [0.05, 0.1) is 55.7 Å². The molecule has 59 heavy (non-hydrogen) atoms. The molecule has 0 saturated heterocycles. The van der Waals surface area contributed by atoms with Crippen molar-refractivity contribution in [2.24, 2.45) is 28.2 Å². The van der Waals surface area contributed by atoms with Gasteiger partial charge in [0.25, 0.3) is 11.1 Å². The lowest BCUT2D eigenvalue weighted by Crippen LogP contribution is -2.08. The van der Waals surface area contributed by atoms with Crippen molar-refractivity contribution in [3.63, 3.8) is 0 Å². The maximum atomic E-state index is 11.2. The predicted molar refractivity (Wildman–Crippen MR) is 262 cm³/mol. The topological polar surface area (TPSA) is 206 Å². The average Bonchev–Trinajstić information content (AvgIpc) is 3.87. The first-order valence-corrected chi connectivity index (χ1v) is 26.4. The fourth-order valence-corrected chi connectivity index (χ4v) is 5.74. The van der Waals surface area contributed by atoms with Crippen molar-refractivity contribution in [2.75, 3.05) is 0 Å². The van der Waals surface area contributed by atoms with Gasteiger partial charge in [-0.25, -0.2) is 24.9 Å². The molecule has 6 aromatic rings. The summed E-state index contributed by atoms with van der Waals surface area (Å²) in [7, 11) is 7.32. The molecule has 6 aromatic heterocycles. The number of imidazole rings is 4. The summed E-state index contributed by atoms with van der Waals surface area (Å²) in [5, 5.41) is 19.9. The van der Waals surface area contributed by atoms with Crippen LogP contribution in [0.5, 0.6) is 0 Å². The van der Waals surface area contributed by atoms with Gasteiger partial charge in [0.1, 0.15) is 4.03 Å². The van der Waals surface area contributed by atoms with Crippen molar-refractivity contribution in [1.82, 2.24) is 58.1 Å². The zero-order valence-electron chi connectivity index (χ0n) is 30.5. The Morgan fingerprint density at radius 2 is 1.20 bits per heavy atom. The van der Waals surface area contributed by atoms with E-state index in [1.165, 1.54) is 23.9 Å². The standard InChI is InChI=1S/C10H11ClN4OS.C5H6BrClN2.C5H7ClN2O.C5H6N2OS.C5H8N2O.3CH4.Br3P/c1-6-3-8(16)14-10(13-6)17-5-7-4-12-9(11)15(7)2;1-9-4(2-6)3-8-5(9)7;1-8-4(3-9)2-7-5(8)6;1-3-2-4(8)7-5(9)6-3;1-7-4-6-2-5(7)3-8;;;;1-4(2)3/h3-4H,5H2,1-2H3,(H,13,14,16);3H,2H2,1H3;2,9H,3H2,1H3;2H,1H3,(H2,6,7,8,9);2,4,8H,3H2,1H3;3*1H4;. The van der Waals surface area contributed by atoms with Crippen molar-refractivity contribution in [3.8, 4) is 0 Å². The zero-order chi connectivity index (χ0) is 42.5. The lowest BCUT2D eigenvalue weighted by atomic mass is 10.5. The maximum Gasteiger partial charge on any atom is 0.251 e. The van der Waals surface area contributed by atoms with Crippen molar-refractivity contribution in [1.29, 1.82) is 0 Å². The highest BCUT2D eigenvalue weighted by Gasteiger charge is 2.06. The van der Waals surface area contributed by atoms with E-state index in [0.717, 1.165) is 33.8 Å². The molecule has 0 aliphatic heterocycles. The van der Waals surface area contributed by atoms with E-state index >= 15 is 0 Å². The van der Waals surface area contributed by atoms with Crippen LogP contribution in [-0.2, 0) is 52.5 Å². The number of hydrogen-bond acceptors (Lipinski definition) is 11. The van der Waals surface area contributed by atoms with Gasteiger partial charge < -0.3 is 38.4 Å². The van der Waals surface area contributed by atoms with Gasteiger partial charge in [-0.15, -0.1) is 0 Å². The second-order valence-electron chi connectivity index (χ2n) is 10.6. The number of aromatic amines is 3. The minimum atomic E-state index is -0.183. The highest BCUT2D eigenvalue weighted by atomic mass is 80.0. The van der Waals surface area contributed by atoms with E-state index < -0.39 is 0 Å². The van der Waals surface area contributed by atoms with Crippen molar-refractivity contribution < 1.29 is 10.2 Å². The molecule has 0 bridgehead atoms. The smallest absolute Gasteiger partial charge is 0.251 e. The van der Waals surface area contributed by atoms with Gasteiger partial charge in [-0.1, -0.05) is 50.0 Å². The Labute approximate surface area is 402 Å². The molecule has 0 aliphatic rings. The summed E-state index contributed by atoms with van der Waals surface area (Å²) >= 11 is 35.9. The fourth-order valence-electron chi connectivity index (χ4n) is 3.55. The maximum absolute atomic E-state index is 11.2. The second kappa shape index (κ2) is 32.9. The molecule has 6 heterocycles. The van der Waals surface area contributed by atoms with Crippen LogP contribution in [0.3, 0.4) is 0 Å². The fraction of sp³-hybridized carbons (Fsp3) is 0.394. The SMILES string of the molecule is BrP(Br)Br.C.C.C.Cc1cc(=O)[nH]c(=S)[nH]1.Cc1cc(=O)[nH]c(SCc2cnc(Cl)n2C)n1.Cn1c(CBr)cnc1Cl.Cn1c(CO)cnc1Cl.Cn1cncc1CO. The molecule has 0 radical (unpaired) electrons. The molecule has 0 saturated carbocycles. The van der Waals surface area contributed by atoms with Gasteiger partial charge in [0.2, 0.25) is 15.9 Å². The number of aliphatic hydroxyl groups is 2. The summed E-state index contributed by atoms with van der Waals surface area (Å²) in [6.07, 6.45) is 8.30. The van der Waals surface area contributed by atoms with Gasteiger partial charge in [-0.05, 0) is 107 Å². The minimum Gasteiger partial charge on any atom is -0.390 e. The summed E-state index contributed by atoms with van der Waals surface area (Å²) in [4.78, 5) is 49.3. The van der Waals surface area contributed by atoms with Gasteiger partial charge in [0.15, 0.2) is 9.93 Å². The largest absolute Gasteiger partial charge is 0.390 e. The molecule has 26 heteroatoms. The molecule has 332 valence electrons. The van der Waals surface area contributed by atoms with Crippen LogP contribution in [0.15, 0.2) is 58.0 Å². The van der Waals surface area contributed by atoms with Gasteiger partial charge >= 0.3 is 0 Å². The number of H-pyrrole nitrogens is 3. The van der Waals surface area contributed by atoms with E-state index in [9.17, 15) is 9.59 Å². The molecular weight excluding hydrogens is 1150 g/mol. The third-order valence-electron chi connectivity index (χ3n) is 6.56. The van der Waals surface area contributed by atoms with E-state index in [1.807, 2.05) is 25.7 Å². The number of thioether (sulfide) groups is 1. The molecule has 5 N–H and O–H groups in total. The molecule has 0 aromatic carbocycles. The molecular formula is C33H50Br4Cl3N12O4PS2. The number of rotatable bonds is 6. The van der Waals surface area contributed by atoms with E-state index in [4.69, 9.17) is 45.0 Å². The van der Waals surface area contributed by atoms with Crippen LogP contribution in [0.2, 0.25) is 15.9 Å². The highest BCUT2D eigenvalue weighted by molar-refractivity contribution is 9.93. The molecule has 0 unspecified atom stereocenters. The Hall–Kier alpha value is -1.69. The Bertz CT molecular complexity index is 2170. The van der Waals surface area contributed by atoms with E-state index in [0.29, 0.717) is 37.2 Å². The van der Waals surface area contributed by atoms with Crippen LogP contribution in [0.1, 0.15) is 56.4 Å². The van der Waals surface area contributed by atoms with Crippen LogP contribution in [-0.4, -0.2) is 68.4 Å². The van der Waals surface area contributed by atoms with Gasteiger partial charge in [-0.3, -0.25) is 14.6 Å². The molecule has 0 atom stereocenters. The van der Waals surface area contributed by atoms with Crippen LogP contribution >= 0.6 is 125 Å². The first kappa shape index (κ1) is 61.6. The second-order valence-corrected chi connectivity index (χ2v) is 28.9. The quantitative estimate of drug-likeness (QED) is 0.0349. The van der Waals surface area contributed by atoms with E-state index in [-0.39, 0.29) is 50.6 Å². The third-order valence-corrected chi connectivity index (χ3v) is 9.30. The molecule has 6 rings (SSSR count). The predicted octanol–water partition coefficient (Wildman–Crippen LogP) is 10.3. The number of halogens is 7. The summed E-state index contributed by atoms with van der Waals surface area (Å²) in [6, 6.07) is 2.92. The van der Waals surface area contributed by atoms with Gasteiger partial charge in [-0.2, -0.15) is 0 Å². The number of aliphatic hydroxyl groups excluding tert-OH is 2. The number of aryl methyl sites for hydroxylation is 3. The number of alkyl halides is 1. The van der Waals surface area contributed by atoms with E-state index in [2.05, 4.69) is 114 Å². The summed E-state index contributed by atoms with van der Waals surface area (Å²) < 4.78 is 7.22. The lowest BCUT2D eigenvalue weighted by molar-refractivity contribution is 0.272. The van der Waals surface area contributed by atoms with E-state index in [1.54, 1.807) is 65.7 Å². The van der Waals surface area contributed by atoms with Gasteiger partial charge in [0, 0.05) is 74.2 Å². The first-order valence-electron chi connectivity index (χ1n) is 15.3. The summed E-state index contributed by atoms with van der Waals surface area (Å²) in [5.41, 5.74) is 4.82. The average molecular weight is 1200 g/mol. The lowest BCUT2D eigenvalue weighted by Gasteiger charge is -2.03. The van der Waals surface area contributed by atoms with Crippen LogP contribution in [0, 0.1) is 18.6 Å². The Balaban J connectivity index is -0.000000661. The molecule has 16 nitrogen and oxygen atoms in total. The highest BCUT2D eigenvalue weighted by Crippen LogP contribution is 2.59. The first-order chi connectivity index (χ1) is 26.3. The summed E-state index contributed by atoms with van der Waals surface area (Å²) in [5.74, 6) is 0.655. The number of nitrogens with one attached hydrogen (secondary N) is 3. The third kappa shape index (κ3) is 24.5. The number of nitrogens with zero attached hydrogens (tertiary/aromatic N) is 9. The van der Waals surface area contributed by atoms with Crippen LogP contribution < -0.4 is 11.1 Å². The van der Waals surface area contributed by atoms with Crippen LogP contribution in [0.25, 0.3) is 0 Å². The Morgan fingerprint density at radius 1 is 0.746 bits per heavy atom.